The van der Waals surface area contributed by atoms with E-state index in [9.17, 15) is 0 Å². The number of aryl methyl sites for hydroxylation is 3. The molecule has 1 fully saturated rings. The highest BCUT2D eigenvalue weighted by molar-refractivity contribution is 5.89. The lowest BCUT2D eigenvalue weighted by atomic mass is 10.1. The third-order valence-corrected chi connectivity index (χ3v) is 5.47. The van der Waals surface area contributed by atoms with Crippen molar-refractivity contribution in [3.05, 3.63) is 41.6 Å². The van der Waals surface area contributed by atoms with Crippen molar-refractivity contribution in [1.82, 2.24) is 25.1 Å². The summed E-state index contributed by atoms with van der Waals surface area (Å²) in [6, 6.07) is 4.61. The lowest BCUT2D eigenvalue weighted by Gasteiger charge is -2.45. The van der Waals surface area contributed by atoms with Gasteiger partial charge in [-0.25, -0.2) is 9.97 Å². The predicted octanol–water partition coefficient (Wildman–Crippen LogP) is 1.94. The molecule has 0 saturated carbocycles. The van der Waals surface area contributed by atoms with Gasteiger partial charge < -0.3 is 9.80 Å². The number of likely N-dealkylation sites (N-methyl/N-ethyl adjacent to an activating group) is 1. The van der Waals surface area contributed by atoms with Crippen LogP contribution in [0.1, 0.15) is 23.5 Å². The Hall–Kier alpha value is -2.83. The molecule has 0 spiro atoms. The van der Waals surface area contributed by atoms with Gasteiger partial charge in [0.1, 0.15) is 11.6 Å². The summed E-state index contributed by atoms with van der Waals surface area (Å²) in [4.78, 5) is 17.9. The van der Waals surface area contributed by atoms with Crippen LogP contribution in [0.15, 0.2) is 24.5 Å². The first-order chi connectivity index (χ1) is 12.7. The SMILES string of the molecule is Cc1nc(N(C)C2CN(c3cc4c(nn3)CCC4)C2)c2ccncc2n1. The summed E-state index contributed by atoms with van der Waals surface area (Å²) in [5, 5.41) is 9.88. The Bertz CT molecular complexity index is 981. The molecular weight excluding hydrogens is 326 g/mol. The number of aromatic nitrogens is 5. The molecule has 3 aromatic heterocycles. The molecule has 5 rings (SSSR count). The number of rotatable bonds is 3. The van der Waals surface area contributed by atoms with Crippen LogP contribution in [0, 0.1) is 6.92 Å². The second-order valence-electron chi connectivity index (χ2n) is 7.18. The summed E-state index contributed by atoms with van der Waals surface area (Å²) in [5.74, 6) is 2.75. The minimum atomic E-state index is 0.399. The van der Waals surface area contributed by atoms with E-state index in [-0.39, 0.29) is 0 Å². The summed E-state index contributed by atoms with van der Waals surface area (Å²) >= 11 is 0. The summed E-state index contributed by atoms with van der Waals surface area (Å²) < 4.78 is 0. The molecule has 1 saturated heterocycles. The van der Waals surface area contributed by atoms with Crippen LogP contribution < -0.4 is 9.80 Å². The van der Waals surface area contributed by atoms with Crippen molar-refractivity contribution < 1.29 is 0 Å². The summed E-state index contributed by atoms with van der Waals surface area (Å²) in [5.41, 5.74) is 3.44. The summed E-state index contributed by atoms with van der Waals surface area (Å²) in [6.07, 6.45) is 7.01. The maximum Gasteiger partial charge on any atom is 0.151 e. The molecule has 132 valence electrons. The molecule has 1 aliphatic heterocycles. The molecule has 0 aromatic carbocycles. The van der Waals surface area contributed by atoms with Gasteiger partial charge in [0.15, 0.2) is 5.82 Å². The molecular formula is C19H21N7. The minimum absolute atomic E-state index is 0.399. The van der Waals surface area contributed by atoms with Crippen molar-refractivity contribution in [2.75, 3.05) is 29.9 Å². The van der Waals surface area contributed by atoms with Gasteiger partial charge in [0.2, 0.25) is 0 Å². The lowest BCUT2D eigenvalue weighted by Crippen LogP contribution is -2.59. The third kappa shape index (κ3) is 2.46. The summed E-state index contributed by atoms with van der Waals surface area (Å²) in [7, 11) is 2.11. The molecule has 7 heteroatoms. The standard InChI is InChI=1S/C19H21N7/c1-12-21-17-9-20-7-6-15(17)19(22-12)25(2)14-10-26(11-14)18-8-13-4-3-5-16(13)23-24-18/h6-9,14H,3-5,10-11H2,1-2H3. The zero-order valence-corrected chi connectivity index (χ0v) is 15.1. The van der Waals surface area contributed by atoms with Crippen molar-refractivity contribution in [1.29, 1.82) is 0 Å². The van der Waals surface area contributed by atoms with E-state index in [1.54, 1.807) is 12.4 Å². The molecule has 3 aromatic rings. The van der Waals surface area contributed by atoms with Crippen LogP contribution in [0.2, 0.25) is 0 Å². The van der Waals surface area contributed by atoms with Crippen molar-refractivity contribution in [3.8, 4) is 0 Å². The van der Waals surface area contributed by atoms with Gasteiger partial charge >= 0.3 is 0 Å². The second kappa shape index (κ2) is 5.86. The Balaban J connectivity index is 1.36. The van der Waals surface area contributed by atoms with E-state index in [1.165, 1.54) is 17.7 Å². The van der Waals surface area contributed by atoms with Gasteiger partial charge in [0.25, 0.3) is 0 Å². The fraction of sp³-hybridized carbons (Fsp3) is 0.421. The van der Waals surface area contributed by atoms with Crippen molar-refractivity contribution >= 4 is 22.5 Å². The zero-order valence-electron chi connectivity index (χ0n) is 15.1. The predicted molar refractivity (Wildman–Crippen MR) is 101 cm³/mol. The quantitative estimate of drug-likeness (QED) is 0.717. The second-order valence-corrected chi connectivity index (χ2v) is 7.18. The fourth-order valence-electron chi connectivity index (χ4n) is 3.88. The Morgan fingerprint density at radius 2 is 2.04 bits per heavy atom. The van der Waals surface area contributed by atoms with Crippen LogP contribution in [0.25, 0.3) is 10.9 Å². The number of hydrogen-bond donors (Lipinski definition) is 0. The number of anilines is 2. The molecule has 0 radical (unpaired) electrons. The molecule has 0 amide bonds. The van der Waals surface area contributed by atoms with Crippen LogP contribution in [0.5, 0.6) is 0 Å². The van der Waals surface area contributed by atoms with Crippen molar-refractivity contribution in [3.63, 3.8) is 0 Å². The van der Waals surface area contributed by atoms with E-state index in [1.807, 2.05) is 13.0 Å². The monoisotopic (exact) mass is 347 g/mol. The third-order valence-electron chi connectivity index (χ3n) is 5.47. The fourth-order valence-corrected chi connectivity index (χ4v) is 3.88. The van der Waals surface area contributed by atoms with E-state index in [2.05, 4.69) is 48.1 Å². The van der Waals surface area contributed by atoms with Gasteiger partial charge in [-0.05, 0) is 43.9 Å². The van der Waals surface area contributed by atoms with E-state index in [0.717, 1.165) is 54.3 Å². The van der Waals surface area contributed by atoms with Gasteiger partial charge in [0, 0.05) is 31.7 Å². The molecule has 26 heavy (non-hydrogen) atoms. The molecule has 0 N–H and O–H groups in total. The van der Waals surface area contributed by atoms with Gasteiger partial charge in [-0.15, -0.1) is 5.10 Å². The van der Waals surface area contributed by atoms with Crippen LogP contribution in [-0.4, -0.2) is 51.3 Å². The van der Waals surface area contributed by atoms with Crippen molar-refractivity contribution in [2.45, 2.75) is 32.2 Å². The smallest absolute Gasteiger partial charge is 0.151 e. The minimum Gasteiger partial charge on any atom is -0.352 e. The molecule has 0 unspecified atom stereocenters. The van der Waals surface area contributed by atoms with E-state index >= 15 is 0 Å². The highest BCUT2D eigenvalue weighted by atomic mass is 15.4. The Labute approximate surface area is 152 Å². The first kappa shape index (κ1) is 15.4. The van der Waals surface area contributed by atoms with Crippen LogP contribution in [-0.2, 0) is 12.8 Å². The van der Waals surface area contributed by atoms with E-state index in [0.29, 0.717) is 6.04 Å². The highest BCUT2D eigenvalue weighted by Gasteiger charge is 2.33. The van der Waals surface area contributed by atoms with Crippen molar-refractivity contribution in [2.24, 2.45) is 0 Å². The molecule has 7 nitrogen and oxygen atoms in total. The van der Waals surface area contributed by atoms with E-state index < -0.39 is 0 Å². The Kier molecular flexibility index (Phi) is 3.48. The normalized spacial score (nSPS) is 16.6. The lowest BCUT2D eigenvalue weighted by molar-refractivity contribution is 0.488. The average Bonchev–Trinajstić information content (AvgIpc) is 3.07. The summed E-state index contributed by atoms with van der Waals surface area (Å²) in [6.45, 7) is 3.79. The topological polar surface area (TPSA) is 70.9 Å². The number of fused-ring (bicyclic) bond motifs is 2. The number of nitrogens with zero attached hydrogens (tertiary/aromatic N) is 7. The Morgan fingerprint density at radius 3 is 2.92 bits per heavy atom. The van der Waals surface area contributed by atoms with Gasteiger partial charge in [-0.3, -0.25) is 4.98 Å². The molecule has 1 aliphatic carbocycles. The molecule has 0 atom stereocenters. The number of pyridine rings is 1. The maximum atomic E-state index is 4.69. The first-order valence-electron chi connectivity index (χ1n) is 9.10. The van der Waals surface area contributed by atoms with Crippen LogP contribution >= 0.6 is 0 Å². The largest absolute Gasteiger partial charge is 0.352 e. The Morgan fingerprint density at radius 1 is 1.15 bits per heavy atom. The first-order valence-corrected chi connectivity index (χ1v) is 9.10. The maximum absolute atomic E-state index is 4.69. The van der Waals surface area contributed by atoms with Gasteiger partial charge in [-0.1, -0.05) is 0 Å². The van der Waals surface area contributed by atoms with Gasteiger partial charge in [0.05, 0.1) is 23.4 Å². The highest BCUT2D eigenvalue weighted by Crippen LogP contribution is 2.30. The average molecular weight is 347 g/mol. The van der Waals surface area contributed by atoms with Gasteiger partial charge in [-0.2, -0.15) is 5.10 Å². The van der Waals surface area contributed by atoms with Crippen LogP contribution in [0.4, 0.5) is 11.6 Å². The number of hydrogen-bond acceptors (Lipinski definition) is 7. The molecule has 0 bridgehead atoms. The van der Waals surface area contributed by atoms with E-state index in [4.69, 9.17) is 0 Å². The zero-order chi connectivity index (χ0) is 17.7. The molecule has 4 heterocycles. The molecule has 2 aliphatic rings. The van der Waals surface area contributed by atoms with Crippen LogP contribution in [0.3, 0.4) is 0 Å².